The van der Waals surface area contributed by atoms with Crippen LogP contribution in [-0.4, -0.2) is 19.5 Å². The Balaban J connectivity index is 1.77. The van der Waals surface area contributed by atoms with Crippen LogP contribution in [0.5, 0.6) is 0 Å². The van der Waals surface area contributed by atoms with E-state index in [2.05, 4.69) is 20.8 Å². The van der Waals surface area contributed by atoms with E-state index in [-0.39, 0.29) is 11.7 Å². The lowest BCUT2D eigenvalue weighted by Gasteiger charge is -2.45. The summed E-state index contributed by atoms with van der Waals surface area (Å²) >= 11 is 0. The molecule has 0 amide bonds. The first-order valence-electron chi connectivity index (χ1n) is 8.41. The Kier molecular flexibility index (Phi) is 5.70. The third-order valence-electron chi connectivity index (χ3n) is 5.33. The maximum Gasteiger partial charge on any atom is 0.157 e. The molecule has 2 aliphatic rings. The van der Waals surface area contributed by atoms with Gasteiger partial charge in [0, 0.05) is 5.41 Å². The topological polar surface area (TPSA) is 18.5 Å². The van der Waals surface area contributed by atoms with Gasteiger partial charge in [0.2, 0.25) is 0 Å². The lowest BCUT2D eigenvalue weighted by atomic mass is 9.67. The first-order valence-corrected chi connectivity index (χ1v) is 8.41. The molecule has 0 aromatic carbocycles. The normalized spacial score (nSPS) is 40.3. The predicted octanol–water partition coefficient (Wildman–Crippen LogP) is 4.77. The monoisotopic (exact) mass is 268 g/mol. The minimum absolute atomic E-state index is 0.0500. The summed E-state index contributed by atoms with van der Waals surface area (Å²) in [5.74, 6) is 1.80. The van der Waals surface area contributed by atoms with Crippen LogP contribution < -0.4 is 0 Å². The minimum Gasteiger partial charge on any atom is -0.352 e. The molecular weight excluding hydrogens is 236 g/mol. The van der Waals surface area contributed by atoms with Crippen molar-refractivity contribution in [1.82, 2.24) is 0 Å². The number of unbranched alkanes of at least 4 members (excludes halogenated alkanes) is 1. The molecule has 1 saturated heterocycles. The summed E-state index contributed by atoms with van der Waals surface area (Å²) in [5, 5.41) is 0. The van der Waals surface area contributed by atoms with Crippen LogP contribution in [0.4, 0.5) is 0 Å². The number of hydrogen-bond acceptors (Lipinski definition) is 2. The lowest BCUT2D eigenvalue weighted by molar-refractivity contribution is -0.239. The number of hydrogen-bond donors (Lipinski definition) is 0. The molecule has 0 aromatic heterocycles. The summed E-state index contributed by atoms with van der Waals surface area (Å²) in [6, 6.07) is 0. The van der Waals surface area contributed by atoms with Gasteiger partial charge in [0.05, 0.1) is 13.2 Å². The molecule has 19 heavy (non-hydrogen) atoms. The molecule has 1 saturated carbocycles. The van der Waals surface area contributed by atoms with Crippen molar-refractivity contribution in [1.29, 1.82) is 0 Å². The Morgan fingerprint density at radius 2 is 1.63 bits per heavy atom. The number of ether oxygens (including phenoxy) is 2. The van der Waals surface area contributed by atoms with E-state index in [1.165, 1.54) is 44.9 Å². The van der Waals surface area contributed by atoms with Crippen LogP contribution >= 0.6 is 0 Å². The third kappa shape index (κ3) is 3.95. The van der Waals surface area contributed by atoms with Crippen molar-refractivity contribution >= 4 is 0 Å². The summed E-state index contributed by atoms with van der Waals surface area (Å²) in [6.45, 7) is 8.60. The molecule has 1 aliphatic heterocycles. The first-order chi connectivity index (χ1) is 9.18. The SMILES string of the molecule is CCCCC1CCC(C2(C)COC(CC)OC2)CC1. The molecule has 2 nitrogen and oxygen atoms in total. The Bertz CT molecular complexity index is 248. The summed E-state index contributed by atoms with van der Waals surface area (Å²) in [4.78, 5) is 0. The van der Waals surface area contributed by atoms with Gasteiger partial charge in [-0.2, -0.15) is 0 Å². The van der Waals surface area contributed by atoms with E-state index in [0.29, 0.717) is 0 Å². The van der Waals surface area contributed by atoms with Crippen LogP contribution in [0, 0.1) is 17.3 Å². The van der Waals surface area contributed by atoms with Crippen molar-refractivity contribution in [3.8, 4) is 0 Å². The molecule has 1 heterocycles. The van der Waals surface area contributed by atoms with Crippen LogP contribution in [0.15, 0.2) is 0 Å². The van der Waals surface area contributed by atoms with Crippen molar-refractivity contribution in [2.24, 2.45) is 17.3 Å². The van der Waals surface area contributed by atoms with E-state index in [9.17, 15) is 0 Å². The van der Waals surface area contributed by atoms with Crippen LogP contribution in [0.2, 0.25) is 0 Å². The Morgan fingerprint density at radius 1 is 1.00 bits per heavy atom. The van der Waals surface area contributed by atoms with E-state index in [1.807, 2.05) is 0 Å². The molecule has 2 fully saturated rings. The highest BCUT2D eigenvalue weighted by Crippen LogP contribution is 2.43. The average molecular weight is 268 g/mol. The van der Waals surface area contributed by atoms with Crippen LogP contribution in [0.3, 0.4) is 0 Å². The largest absolute Gasteiger partial charge is 0.352 e. The van der Waals surface area contributed by atoms with Crippen molar-refractivity contribution in [2.75, 3.05) is 13.2 Å². The van der Waals surface area contributed by atoms with Gasteiger partial charge in [-0.3, -0.25) is 0 Å². The molecule has 2 rings (SSSR count). The van der Waals surface area contributed by atoms with Crippen LogP contribution in [0.25, 0.3) is 0 Å². The zero-order valence-electron chi connectivity index (χ0n) is 13.1. The fourth-order valence-corrected chi connectivity index (χ4v) is 3.77. The second-order valence-corrected chi connectivity index (χ2v) is 6.97. The van der Waals surface area contributed by atoms with Gasteiger partial charge in [-0.15, -0.1) is 0 Å². The van der Waals surface area contributed by atoms with Gasteiger partial charge in [0.1, 0.15) is 0 Å². The van der Waals surface area contributed by atoms with Crippen molar-refractivity contribution in [3.05, 3.63) is 0 Å². The fourth-order valence-electron chi connectivity index (χ4n) is 3.77. The minimum atomic E-state index is 0.0500. The van der Waals surface area contributed by atoms with Gasteiger partial charge in [-0.05, 0) is 31.1 Å². The number of rotatable bonds is 5. The average Bonchev–Trinajstić information content (AvgIpc) is 2.46. The Morgan fingerprint density at radius 3 is 2.16 bits per heavy atom. The van der Waals surface area contributed by atoms with Crippen molar-refractivity contribution < 1.29 is 9.47 Å². The summed E-state index contributed by atoms with van der Waals surface area (Å²) in [6.07, 6.45) is 10.9. The molecule has 0 N–H and O–H groups in total. The molecule has 0 atom stereocenters. The van der Waals surface area contributed by atoms with Crippen molar-refractivity contribution in [3.63, 3.8) is 0 Å². The molecule has 112 valence electrons. The predicted molar refractivity (Wildman–Crippen MR) is 79.1 cm³/mol. The highest BCUT2D eigenvalue weighted by Gasteiger charge is 2.40. The highest BCUT2D eigenvalue weighted by molar-refractivity contribution is 4.88. The van der Waals surface area contributed by atoms with Gasteiger partial charge in [0.15, 0.2) is 6.29 Å². The van der Waals surface area contributed by atoms with Gasteiger partial charge < -0.3 is 9.47 Å². The zero-order chi connectivity index (χ0) is 13.7. The Hall–Kier alpha value is -0.0800. The van der Waals surface area contributed by atoms with Crippen LogP contribution in [-0.2, 0) is 9.47 Å². The van der Waals surface area contributed by atoms with Crippen LogP contribution in [0.1, 0.15) is 72.1 Å². The third-order valence-corrected chi connectivity index (χ3v) is 5.33. The molecule has 0 unspecified atom stereocenters. The van der Waals surface area contributed by atoms with Gasteiger partial charge in [-0.1, -0.05) is 52.9 Å². The van der Waals surface area contributed by atoms with E-state index in [4.69, 9.17) is 9.47 Å². The van der Waals surface area contributed by atoms with Crippen molar-refractivity contribution in [2.45, 2.75) is 78.4 Å². The lowest BCUT2D eigenvalue weighted by Crippen LogP contribution is -2.45. The standard InChI is InChI=1S/C17H32O2/c1-4-6-7-14-8-10-15(11-9-14)17(3)12-18-16(5-2)19-13-17/h14-16H,4-13H2,1-3H3. The van der Waals surface area contributed by atoms with E-state index >= 15 is 0 Å². The smallest absolute Gasteiger partial charge is 0.157 e. The quantitative estimate of drug-likeness (QED) is 0.715. The van der Waals surface area contributed by atoms with E-state index in [1.54, 1.807) is 0 Å². The second kappa shape index (κ2) is 7.08. The van der Waals surface area contributed by atoms with Gasteiger partial charge >= 0.3 is 0 Å². The molecule has 1 aliphatic carbocycles. The Labute approximate surface area is 119 Å². The maximum absolute atomic E-state index is 5.87. The van der Waals surface area contributed by atoms with E-state index < -0.39 is 0 Å². The molecular formula is C17H32O2. The summed E-state index contributed by atoms with van der Waals surface area (Å²) < 4.78 is 11.7. The summed E-state index contributed by atoms with van der Waals surface area (Å²) in [5.41, 5.74) is 0.265. The molecule has 0 bridgehead atoms. The fraction of sp³-hybridized carbons (Fsp3) is 1.00. The maximum atomic E-state index is 5.87. The highest BCUT2D eigenvalue weighted by atomic mass is 16.7. The van der Waals surface area contributed by atoms with E-state index in [0.717, 1.165) is 31.5 Å². The molecule has 0 radical (unpaired) electrons. The second-order valence-electron chi connectivity index (χ2n) is 6.97. The van der Waals surface area contributed by atoms with Gasteiger partial charge in [0.25, 0.3) is 0 Å². The summed E-state index contributed by atoms with van der Waals surface area (Å²) in [7, 11) is 0. The zero-order valence-corrected chi connectivity index (χ0v) is 13.1. The van der Waals surface area contributed by atoms with Gasteiger partial charge in [-0.25, -0.2) is 0 Å². The molecule has 0 spiro atoms. The molecule has 2 heteroatoms. The first kappa shape index (κ1) is 15.3. The molecule has 0 aromatic rings.